The fourth-order valence-corrected chi connectivity index (χ4v) is 0.892. The largest absolute Gasteiger partial charge is 0.396 e. The molecule has 58 valence electrons. The average Bonchev–Trinajstić information content (AvgIpc) is 1.89. The van der Waals surface area contributed by atoms with Gasteiger partial charge in [-0.05, 0) is 6.42 Å². The van der Waals surface area contributed by atoms with E-state index in [0.29, 0.717) is 6.61 Å². The predicted molar refractivity (Wildman–Crippen MR) is 40.5 cm³/mol. The number of aliphatic hydroxyl groups is 1. The zero-order chi connectivity index (χ0) is 6.95. The molecule has 0 aliphatic carbocycles. The summed E-state index contributed by atoms with van der Waals surface area (Å²) in [4.78, 5) is 0. The van der Waals surface area contributed by atoms with Gasteiger partial charge < -0.3 is 5.11 Å². The van der Waals surface area contributed by atoms with Crippen LogP contribution in [0.4, 0.5) is 0 Å². The summed E-state index contributed by atoms with van der Waals surface area (Å²) in [5.41, 5.74) is 0. The molecular formula is C8H18OZn. The van der Waals surface area contributed by atoms with Gasteiger partial charge >= 0.3 is 0 Å². The van der Waals surface area contributed by atoms with Gasteiger partial charge in [-0.15, -0.1) is 0 Å². The first-order chi connectivity index (χ1) is 4.41. The van der Waals surface area contributed by atoms with Gasteiger partial charge in [0.1, 0.15) is 0 Å². The normalized spacial score (nSPS) is 9.00. The molecule has 0 aromatic heterocycles. The molecule has 2 heteroatoms. The molecule has 10 heavy (non-hydrogen) atoms. The van der Waals surface area contributed by atoms with Crippen LogP contribution in [-0.2, 0) is 19.5 Å². The van der Waals surface area contributed by atoms with Crippen LogP contribution in [0.2, 0.25) is 0 Å². The van der Waals surface area contributed by atoms with Gasteiger partial charge in [0.15, 0.2) is 0 Å². The summed E-state index contributed by atoms with van der Waals surface area (Å²) in [5, 5.41) is 8.42. The second-order valence-corrected chi connectivity index (χ2v) is 2.49. The third-order valence-corrected chi connectivity index (χ3v) is 1.51. The fraction of sp³-hybridized carbons (Fsp3) is 1.00. The average molecular weight is 196 g/mol. The van der Waals surface area contributed by atoms with Crippen molar-refractivity contribution in [2.24, 2.45) is 0 Å². The Labute approximate surface area is 77.0 Å². The summed E-state index contributed by atoms with van der Waals surface area (Å²) in [6.07, 6.45) is 7.50. The number of hydrogen-bond acceptors (Lipinski definition) is 1. The smallest absolute Gasteiger partial charge is 0.0431 e. The molecule has 0 heterocycles. The maximum atomic E-state index is 8.42. The molecule has 1 nitrogen and oxygen atoms in total. The van der Waals surface area contributed by atoms with E-state index in [9.17, 15) is 0 Å². The van der Waals surface area contributed by atoms with Crippen LogP contribution in [0.1, 0.15) is 45.4 Å². The van der Waals surface area contributed by atoms with E-state index in [1.807, 2.05) is 0 Å². The molecule has 1 N–H and O–H groups in total. The van der Waals surface area contributed by atoms with E-state index in [0.717, 1.165) is 6.42 Å². The molecule has 0 aromatic rings. The third kappa shape index (κ3) is 11.4. The van der Waals surface area contributed by atoms with Gasteiger partial charge in [0, 0.05) is 26.1 Å². The quantitative estimate of drug-likeness (QED) is 0.510. The Bertz CT molecular complexity index is 42.5. The number of unbranched alkanes of at least 4 members (excludes halogenated alkanes) is 5. The topological polar surface area (TPSA) is 20.2 Å². The fourth-order valence-electron chi connectivity index (χ4n) is 0.892. The third-order valence-electron chi connectivity index (χ3n) is 1.51. The minimum Gasteiger partial charge on any atom is -0.396 e. The van der Waals surface area contributed by atoms with Gasteiger partial charge in [-0.3, -0.25) is 0 Å². The molecular weight excluding hydrogens is 177 g/mol. The van der Waals surface area contributed by atoms with Crippen molar-refractivity contribution < 1.29 is 24.6 Å². The van der Waals surface area contributed by atoms with E-state index < -0.39 is 0 Å². The van der Waals surface area contributed by atoms with Crippen LogP contribution >= 0.6 is 0 Å². The van der Waals surface area contributed by atoms with Crippen molar-refractivity contribution in [3.63, 3.8) is 0 Å². The monoisotopic (exact) mass is 194 g/mol. The van der Waals surface area contributed by atoms with Crippen LogP contribution in [-0.4, -0.2) is 11.7 Å². The SMILES string of the molecule is CCCCCCCCO.[Zn]. The van der Waals surface area contributed by atoms with Gasteiger partial charge in [0.05, 0.1) is 0 Å². The van der Waals surface area contributed by atoms with Crippen LogP contribution in [0.25, 0.3) is 0 Å². The Hall–Kier alpha value is 0.583. The van der Waals surface area contributed by atoms with Crippen LogP contribution in [0, 0.1) is 0 Å². The van der Waals surface area contributed by atoms with Crippen LogP contribution < -0.4 is 0 Å². The maximum absolute atomic E-state index is 8.42. The van der Waals surface area contributed by atoms with E-state index >= 15 is 0 Å². The molecule has 0 unspecified atom stereocenters. The Morgan fingerprint density at radius 2 is 1.40 bits per heavy atom. The van der Waals surface area contributed by atoms with Crippen molar-refractivity contribution in [1.82, 2.24) is 0 Å². The molecule has 0 rings (SSSR count). The number of rotatable bonds is 6. The summed E-state index contributed by atoms with van der Waals surface area (Å²) < 4.78 is 0. The first-order valence-electron chi connectivity index (χ1n) is 4.02. The zero-order valence-electron chi connectivity index (χ0n) is 7.10. The first-order valence-corrected chi connectivity index (χ1v) is 4.02. The van der Waals surface area contributed by atoms with E-state index in [4.69, 9.17) is 5.11 Å². The predicted octanol–water partition coefficient (Wildman–Crippen LogP) is 2.34. The van der Waals surface area contributed by atoms with E-state index in [1.54, 1.807) is 0 Å². The number of hydrogen-bond donors (Lipinski definition) is 1. The van der Waals surface area contributed by atoms with Gasteiger partial charge in [0.2, 0.25) is 0 Å². The molecule has 0 saturated carbocycles. The Balaban J connectivity index is 0. The molecule has 0 fully saturated rings. The van der Waals surface area contributed by atoms with Crippen molar-refractivity contribution in [2.75, 3.05) is 6.61 Å². The molecule has 0 aromatic carbocycles. The van der Waals surface area contributed by atoms with Gasteiger partial charge in [-0.2, -0.15) is 0 Å². The van der Waals surface area contributed by atoms with E-state index in [1.165, 1.54) is 32.1 Å². The summed E-state index contributed by atoms with van der Waals surface area (Å²) >= 11 is 0. The van der Waals surface area contributed by atoms with E-state index in [-0.39, 0.29) is 19.5 Å². The molecule has 0 amide bonds. The summed E-state index contributed by atoms with van der Waals surface area (Å²) in [5.74, 6) is 0. The Kier molecular flexibility index (Phi) is 16.2. The second kappa shape index (κ2) is 12.3. The Morgan fingerprint density at radius 1 is 0.900 bits per heavy atom. The van der Waals surface area contributed by atoms with Crippen molar-refractivity contribution >= 4 is 0 Å². The van der Waals surface area contributed by atoms with Crippen LogP contribution in [0.5, 0.6) is 0 Å². The van der Waals surface area contributed by atoms with Crippen molar-refractivity contribution in [2.45, 2.75) is 45.4 Å². The molecule has 0 atom stereocenters. The van der Waals surface area contributed by atoms with Crippen LogP contribution in [0.3, 0.4) is 0 Å². The van der Waals surface area contributed by atoms with Crippen molar-refractivity contribution in [1.29, 1.82) is 0 Å². The summed E-state index contributed by atoms with van der Waals surface area (Å²) in [6, 6.07) is 0. The molecule has 0 radical (unpaired) electrons. The van der Waals surface area contributed by atoms with Crippen molar-refractivity contribution in [3.05, 3.63) is 0 Å². The van der Waals surface area contributed by atoms with Gasteiger partial charge in [0.25, 0.3) is 0 Å². The van der Waals surface area contributed by atoms with Crippen molar-refractivity contribution in [3.8, 4) is 0 Å². The standard InChI is InChI=1S/C8H18O.Zn/c1-2-3-4-5-6-7-8-9;/h9H,2-8H2,1H3;. The molecule has 0 aliphatic rings. The molecule has 0 saturated heterocycles. The molecule has 0 aliphatic heterocycles. The Morgan fingerprint density at radius 3 is 1.90 bits per heavy atom. The minimum absolute atomic E-state index is 0. The first kappa shape index (κ1) is 13.2. The van der Waals surface area contributed by atoms with Crippen LogP contribution in [0.15, 0.2) is 0 Å². The zero-order valence-corrected chi connectivity index (χ0v) is 10.1. The summed E-state index contributed by atoms with van der Waals surface area (Å²) in [6.45, 7) is 2.58. The minimum atomic E-state index is 0. The second-order valence-electron chi connectivity index (χ2n) is 2.49. The number of aliphatic hydroxyl groups excluding tert-OH is 1. The maximum Gasteiger partial charge on any atom is 0.0431 e. The summed E-state index contributed by atoms with van der Waals surface area (Å²) in [7, 11) is 0. The molecule has 0 bridgehead atoms. The van der Waals surface area contributed by atoms with E-state index in [2.05, 4.69) is 6.92 Å². The van der Waals surface area contributed by atoms with Gasteiger partial charge in [-0.1, -0.05) is 39.0 Å². The van der Waals surface area contributed by atoms with Gasteiger partial charge in [-0.25, -0.2) is 0 Å². The molecule has 0 spiro atoms.